The Balaban J connectivity index is 0.000000130. The molecule has 20 aromatic rings. The number of aromatic nitrogens is 5. The second kappa shape index (κ2) is 45.1. The number of pyridine rings is 5. The Morgan fingerprint density at radius 1 is 0.124 bits per heavy atom. The minimum Gasteiger partial charge on any atom is -0.201 e. The van der Waals surface area contributed by atoms with Crippen LogP contribution in [0.3, 0.4) is 0 Å². The van der Waals surface area contributed by atoms with Crippen molar-refractivity contribution in [2.75, 3.05) is 0 Å². The minimum absolute atomic E-state index is 1.23. The van der Waals surface area contributed by atoms with E-state index in [9.17, 15) is 0 Å². The first-order valence-corrected chi connectivity index (χ1v) is 50.9. The summed E-state index contributed by atoms with van der Waals surface area (Å²) in [5.41, 5.74) is 64.5. The zero-order valence-corrected chi connectivity index (χ0v) is 89.8. The Labute approximate surface area is 864 Å². The van der Waals surface area contributed by atoms with Gasteiger partial charge in [-0.25, -0.2) is 22.8 Å². The molecule has 15 aromatic carbocycles. The molecule has 0 bridgehead atoms. The lowest BCUT2D eigenvalue weighted by atomic mass is 9.91. The van der Waals surface area contributed by atoms with Gasteiger partial charge in [0.1, 0.15) is 35.2 Å². The second-order valence-corrected chi connectivity index (χ2v) is 40.2. The first-order valence-electron chi connectivity index (χ1n) is 50.9. The summed E-state index contributed by atoms with van der Waals surface area (Å²) in [5, 5.41) is 0. The number of hydrogen-bond acceptors (Lipinski definition) is 0. The predicted molar refractivity (Wildman–Crippen MR) is 614 cm³/mol. The Morgan fingerprint density at radius 3 is 0.683 bits per heavy atom. The quantitative estimate of drug-likeness (QED) is 0.0912. The molecule has 5 heteroatoms. The summed E-state index contributed by atoms with van der Waals surface area (Å²) < 4.78 is 11.2. The molecule has 0 aliphatic carbocycles. The van der Waals surface area contributed by atoms with Crippen LogP contribution in [-0.4, -0.2) is 0 Å². The summed E-state index contributed by atoms with van der Waals surface area (Å²) in [7, 11) is 10.7. The van der Waals surface area contributed by atoms with E-state index in [1.807, 2.05) is 0 Å². The van der Waals surface area contributed by atoms with Crippen molar-refractivity contribution in [1.82, 2.24) is 0 Å². The zero-order chi connectivity index (χ0) is 103. The summed E-state index contributed by atoms with van der Waals surface area (Å²) in [6, 6.07) is 132. The molecule has 0 spiro atoms. The average molecular weight is 1890 g/mol. The van der Waals surface area contributed by atoms with Crippen LogP contribution in [0.1, 0.15) is 111 Å². The third-order valence-electron chi connectivity index (χ3n) is 29.0. The predicted octanol–water partition coefficient (Wildman–Crippen LogP) is 33.7. The number of hydrogen-bond donors (Lipinski definition) is 0. The molecule has 0 aliphatic heterocycles. The van der Waals surface area contributed by atoms with Crippen molar-refractivity contribution in [1.29, 1.82) is 0 Å². The first-order chi connectivity index (χ1) is 69.7. The van der Waals surface area contributed by atoms with Gasteiger partial charge in [-0.3, -0.25) is 0 Å². The van der Waals surface area contributed by atoms with E-state index in [0.29, 0.717) is 0 Å². The van der Waals surface area contributed by atoms with Crippen molar-refractivity contribution >= 4 is 0 Å². The van der Waals surface area contributed by atoms with E-state index in [1.54, 1.807) is 0 Å². The van der Waals surface area contributed by atoms with Crippen molar-refractivity contribution in [3.63, 3.8) is 0 Å². The van der Waals surface area contributed by atoms with E-state index in [-0.39, 0.29) is 0 Å². The molecule has 0 unspecified atom stereocenters. The fraction of sp³-hybridized carbons (Fsp3) is 0.179. The van der Waals surface area contributed by atoms with Gasteiger partial charge < -0.3 is 0 Å². The molecular weight excluding hydrogens is 1750 g/mol. The monoisotopic (exact) mass is 1890 g/mol. The Hall–Kier alpha value is -16.0. The number of aryl methyl sites for hydroxylation is 25. The molecule has 5 nitrogen and oxygen atoms in total. The summed E-state index contributed by atoms with van der Waals surface area (Å²) in [4.78, 5) is 0. The molecule has 0 radical (unpaired) electrons. The highest BCUT2D eigenvalue weighted by molar-refractivity contribution is 5.86. The molecule has 0 aliphatic rings. The lowest BCUT2D eigenvalue weighted by molar-refractivity contribution is -0.660. The molecular formula is C140H140N5+5. The third kappa shape index (κ3) is 23.1. The fourth-order valence-electron chi connectivity index (χ4n) is 21.5. The van der Waals surface area contributed by atoms with Crippen LogP contribution in [0.5, 0.6) is 0 Å². The lowest BCUT2D eigenvalue weighted by Crippen LogP contribution is -2.31. The molecule has 0 amide bonds. The van der Waals surface area contributed by atoms with Gasteiger partial charge in [-0.05, 0) is 369 Å². The van der Waals surface area contributed by atoms with Crippen molar-refractivity contribution in [3.8, 4) is 168 Å². The lowest BCUT2D eigenvalue weighted by Gasteiger charge is -2.14. The number of rotatable bonds is 15. The van der Waals surface area contributed by atoms with Crippen molar-refractivity contribution in [2.24, 2.45) is 35.2 Å². The van der Waals surface area contributed by atoms with Gasteiger partial charge >= 0.3 is 0 Å². The standard InChI is InChI=1S/C29H30N.3C28H28N.C27H26N/c1-19-14-22(4)29(23(5)15-19)25-12-13-30(6)28(17-25)27-18-26(20(2)16-21(27)3)24-10-8-7-9-11-24;1-19-10-9-11-20(2)28(19)24-14-15-29(5)27(17-24)26-18-25(21(3)16-22(26)4)23-12-7-6-8-13-23;1-19-11-9-10-14-24(19)26-17-28(29(5)18-22(26)4)27-16-25(20(2)15-21(27)3)23-12-7-6-8-13-23;1-19-11-12-25(20(2)15-19)24-13-14-29(5)28(17-24)27-18-26(21(3)16-22(27)4)23-9-7-6-8-10-23;1-19-15-20(2)26(16-24(19)22-11-7-5-8-12-22)27-17-25(21(3)18-28(27)4)23-13-9-6-10-14-23/h7-18H,1-6H3;3*6-18H,1-5H3;5-18H,1-4H3/q5*+1. The molecule has 0 saturated heterocycles. The number of benzene rings is 15. The molecule has 0 fully saturated rings. The molecule has 0 N–H and O–H groups in total. The normalized spacial score (nSPS) is 10.9. The van der Waals surface area contributed by atoms with E-state index < -0.39 is 0 Å². The van der Waals surface area contributed by atoms with Gasteiger partial charge in [0, 0.05) is 87.5 Å². The highest BCUT2D eigenvalue weighted by atomic mass is 14.9. The molecule has 20 rings (SSSR count). The molecule has 5 aromatic heterocycles. The van der Waals surface area contributed by atoms with Gasteiger partial charge in [0.2, 0.25) is 28.5 Å². The van der Waals surface area contributed by atoms with Crippen LogP contribution in [0, 0.1) is 138 Å². The van der Waals surface area contributed by atoms with Crippen LogP contribution in [-0.2, 0) is 35.2 Å². The van der Waals surface area contributed by atoms with E-state index >= 15 is 0 Å². The number of nitrogens with zero attached hydrogens (tertiary/aromatic N) is 5. The van der Waals surface area contributed by atoms with Gasteiger partial charge in [0.05, 0.1) is 0 Å². The second-order valence-electron chi connectivity index (χ2n) is 40.2. The fourth-order valence-corrected chi connectivity index (χ4v) is 21.5. The maximum absolute atomic E-state index is 2.36. The summed E-state index contributed by atoms with van der Waals surface area (Å²) in [6.07, 6.45) is 11.0. The molecule has 720 valence electrons. The minimum atomic E-state index is 1.23. The summed E-state index contributed by atoms with van der Waals surface area (Å²) in [5.74, 6) is 0. The third-order valence-corrected chi connectivity index (χ3v) is 29.0. The van der Waals surface area contributed by atoms with Crippen LogP contribution in [0.2, 0.25) is 0 Å². The average Bonchev–Trinajstić information content (AvgIpc) is 0.784. The van der Waals surface area contributed by atoms with Crippen LogP contribution >= 0.6 is 0 Å². The Kier molecular flexibility index (Phi) is 31.7. The topological polar surface area (TPSA) is 19.4 Å². The largest absolute Gasteiger partial charge is 0.213 e. The van der Waals surface area contributed by atoms with Crippen LogP contribution in [0.25, 0.3) is 168 Å². The maximum atomic E-state index is 2.36. The Morgan fingerprint density at radius 2 is 0.366 bits per heavy atom. The molecule has 145 heavy (non-hydrogen) atoms. The zero-order valence-electron chi connectivity index (χ0n) is 89.8. The van der Waals surface area contributed by atoms with E-state index in [2.05, 4.69) is 592 Å². The van der Waals surface area contributed by atoms with Crippen LogP contribution < -0.4 is 22.8 Å². The smallest absolute Gasteiger partial charge is 0.201 e. The molecule has 0 atom stereocenters. The van der Waals surface area contributed by atoms with E-state index in [1.165, 1.54) is 279 Å². The van der Waals surface area contributed by atoms with Gasteiger partial charge in [-0.2, -0.15) is 0 Å². The molecule has 0 saturated carbocycles. The van der Waals surface area contributed by atoms with Gasteiger partial charge in [0.25, 0.3) is 0 Å². The molecule has 5 heterocycles. The van der Waals surface area contributed by atoms with Crippen LogP contribution in [0.15, 0.2) is 395 Å². The highest BCUT2D eigenvalue weighted by Gasteiger charge is 2.27. The summed E-state index contributed by atoms with van der Waals surface area (Å²) in [6.45, 7) is 44.0. The van der Waals surface area contributed by atoms with Crippen molar-refractivity contribution in [3.05, 3.63) is 506 Å². The van der Waals surface area contributed by atoms with E-state index in [4.69, 9.17) is 0 Å². The summed E-state index contributed by atoms with van der Waals surface area (Å²) >= 11 is 0. The SMILES string of the molecule is Cc1cc(C)c(-c2cc(-c3c(C)cccc3C)cc[n+]2C)cc1-c1ccccc1.Cc1cc(C)c(-c2cc(-c3ccccc3)c(C)c[n+]2C)cc1-c1ccccc1.Cc1cc(C)c(-c2cc(-c3ccccc3C)c(C)c[n+]2C)cc1-c1ccccc1.Cc1cc(C)c(-c2cc[n+](C)c(-c3cc(-c4ccccc4)c(C)cc3C)c2)c(C)c1.Cc1ccc(-c2cc[n+](C)c(-c3cc(-c4ccccc4)c(C)cc3C)c2)c(C)c1. The maximum Gasteiger partial charge on any atom is 0.213 e. The van der Waals surface area contributed by atoms with Gasteiger partial charge in [-0.15, -0.1) is 0 Å². The first kappa shape index (κ1) is 102. The van der Waals surface area contributed by atoms with Gasteiger partial charge in [-0.1, -0.05) is 296 Å². The van der Waals surface area contributed by atoms with Crippen molar-refractivity contribution in [2.45, 2.75) is 138 Å². The van der Waals surface area contributed by atoms with E-state index in [0.717, 1.165) is 0 Å². The van der Waals surface area contributed by atoms with Gasteiger partial charge in [0.15, 0.2) is 31.0 Å². The Bertz CT molecular complexity index is 8010. The van der Waals surface area contributed by atoms with Crippen LogP contribution in [0.4, 0.5) is 0 Å². The highest BCUT2D eigenvalue weighted by Crippen LogP contribution is 2.42. The van der Waals surface area contributed by atoms with Crippen molar-refractivity contribution < 1.29 is 22.8 Å².